The van der Waals surface area contributed by atoms with Crippen LogP contribution in [0.15, 0.2) is 54.6 Å². The number of esters is 3. The first-order valence-corrected chi connectivity index (χ1v) is 27.0. The second-order valence-electron chi connectivity index (χ2n) is 18.0. The molecule has 0 aliphatic heterocycles. The summed E-state index contributed by atoms with van der Waals surface area (Å²) >= 11 is 0. The van der Waals surface area contributed by atoms with Crippen molar-refractivity contribution in [1.82, 2.24) is 15.0 Å². The number of ether oxygens (including phenoxy) is 9. The van der Waals surface area contributed by atoms with E-state index in [0.29, 0.717) is 58.3 Å². The number of rotatable bonds is 36. The van der Waals surface area contributed by atoms with Crippen LogP contribution in [0.2, 0.25) is 0 Å². The minimum Gasteiger partial charge on any atom is -0.507 e. The van der Waals surface area contributed by atoms with Crippen molar-refractivity contribution in [3.05, 3.63) is 54.6 Å². The standard InChI is InChI=1S/C57H81N3O15/c1-10-19-31-67-46(22-13-4)55(64)73-49(16-7)70-37-25-28-40(43(61)34-37)52-58-53(41-29-26-38(35-44(41)62)71-50(17-8)74-56(65)47(23-14-5)68-32-20-11-2)60-54(59-52)42-30-27-39(36-45(42)63)72-51(18-9)75-57(66)48(24-15-6)69-33-21-12-3/h25-30,34-36,46-51,61-63H,10-24,31-33H2,1-9H3. The Bertz CT molecular complexity index is 2100. The van der Waals surface area contributed by atoms with Crippen molar-refractivity contribution in [2.24, 2.45) is 0 Å². The Hall–Kier alpha value is -6.24. The van der Waals surface area contributed by atoms with Crippen LogP contribution in [0.25, 0.3) is 34.2 Å². The van der Waals surface area contributed by atoms with E-state index in [1.165, 1.54) is 36.4 Å². The molecule has 1 aromatic heterocycles. The Morgan fingerprint density at radius 3 is 0.893 bits per heavy atom. The number of hydrogen-bond donors (Lipinski definition) is 3. The number of aromatic nitrogens is 3. The van der Waals surface area contributed by atoms with Gasteiger partial charge in [0.15, 0.2) is 35.8 Å². The van der Waals surface area contributed by atoms with Gasteiger partial charge in [0.25, 0.3) is 0 Å². The molecule has 0 spiro atoms. The Labute approximate surface area is 442 Å². The highest BCUT2D eigenvalue weighted by Gasteiger charge is 2.28. The fourth-order valence-electron chi connectivity index (χ4n) is 7.41. The molecule has 0 aliphatic carbocycles. The first-order valence-electron chi connectivity index (χ1n) is 27.0. The largest absolute Gasteiger partial charge is 0.507 e. The van der Waals surface area contributed by atoms with Crippen molar-refractivity contribution in [1.29, 1.82) is 0 Å². The van der Waals surface area contributed by atoms with Gasteiger partial charge >= 0.3 is 17.9 Å². The SMILES string of the molecule is CCCCOC(CCC)C(=O)OC(CC)Oc1ccc(-c2nc(-c3ccc(OC(CC)OC(=O)C(CCC)OCCCC)cc3O)nc(-c3ccc(OC(CC)OC(=O)C(CCC)OCCCC)cc3O)n2)c(O)c1. The number of carbonyl (C=O) groups excluding carboxylic acids is 3. The number of benzene rings is 3. The van der Waals surface area contributed by atoms with Gasteiger partial charge in [-0.3, -0.25) is 0 Å². The molecule has 0 fully saturated rings. The summed E-state index contributed by atoms with van der Waals surface area (Å²) in [5.41, 5.74) is 0.386. The van der Waals surface area contributed by atoms with Crippen molar-refractivity contribution in [3.63, 3.8) is 0 Å². The monoisotopic (exact) mass is 1050 g/mol. The lowest BCUT2D eigenvalue weighted by Gasteiger charge is -2.22. The number of unbranched alkanes of at least 4 members (excludes halogenated alkanes) is 3. The zero-order chi connectivity index (χ0) is 54.7. The Morgan fingerprint density at radius 2 is 0.680 bits per heavy atom. The Morgan fingerprint density at radius 1 is 0.413 bits per heavy atom. The highest BCUT2D eigenvalue weighted by atomic mass is 16.7. The molecule has 0 radical (unpaired) electrons. The normalized spacial score (nSPS) is 13.7. The van der Waals surface area contributed by atoms with Gasteiger partial charge in [-0.15, -0.1) is 0 Å². The minimum absolute atomic E-state index is 0.0508. The van der Waals surface area contributed by atoms with Crippen molar-refractivity contribution < 1.29 is 72.3 Å². The highest BCUT2D eigenvalue weighted by molar-refractivity contribution is 5.77. The van der Waals surface area contributed by atoms with Crippen LogP contribution >= 0.6 is 0 Å². The predicted molar refractivity (Wildman–Crippen MR) is 282 cm³/mol. The lowest BCUT2D eigenvalue weighted by atomic mass is 10.1. The maximum absolute atomic E-state index is 13.1. The smallest absolute Gasteiger partial charge is 0.338 e. The van der Waals surface area contributed by atoms with Crippen LogP contribution in [0.5, 0.6) is 34.5 Å². The van der Waals surface area contributed by atoms with E-state index in [9.17, 15) is 29.7 Å². The van der Waals surface area contributed by atoms with Crippen LogP contribution in [-0.2, 0) is 42.8 Å². The maximum atomic E-state index is 13.1. The summed E-state index contributed by atoms with van der Waals surface area (Å²) in [6, 6.07) is 13.2. The summed E-state index contributed by atoms with van der Waals surface area (Å²) in [6.45, 7) is 18.7. The number of aromatic hydroxyl groups is 3. The lowest BCUT2D eigenvalue weighted by Crippen LogP contribution is -2.33. The number of carbonyl (C=O) groups is 3. The number of hydrogen-bond acceptors (Lipinski definition) is 18. The number of nitrogens with zero attached hydrogens (tertiary/aromatic N) is 3. The van der Waals surface area contributed by atoms with Crippen molar-refractivity contribution in [3.8, 4) is 68.7 Å². The van der Waals surface area contributed by atoms with Gasteiger partial charge in [0.2, 0.25) is 18.9 Å². The van der Waals surface area contributed by atoms with Gasteiger partial charge in [0.1, 0.15) is 34.5 Å². The van der Waals surface area contributed by atoms with Gasteiger partial charge in [-0.2, -0.15) is 0 Å². The molecule has 0 aliphatic rings. The second-order valence-corrected chi connectivity index (χ2v) is 18.0. The van der Waals surface area contributed by atoms with Crippen molar-refractivity contribution in [2.75, 3.05) is 19.8 Å². The summed E-state index contributed by atoms with van der Waals surface area (Å²) < 4.78 is 52.7. The number of phenolic OH excluding ortho intramolecular Hbond substituents is 3. The molecule has 0 saturated carbocycles. The lowest BCUT2D eigenvalue weighted by molar-refractivity contribution is -0.178. The molecule has 3 N–H and O–H groups in total. The molecular formula is C57H81N3O15. The van der Waals surface area contributed by atoms with Gasteiger partial charge in [0.05, 0.1) is 16.7 Å². The van der Waals surface area contributed by atoms with Crippen LogP contribution in [-0.4, -0.2) is 105 Å². The molecule has 0 bridgehead atoms. The van der Waals surface area contributed by atoms with E-state index < -0.39 is 55.1 Å². The maximum Gasteiger partial charge on any atom is 0.338 e. The third-order valence-electron chi connectivity index (χ3n) is 11.7. The van der Waals surface area contributed by atoms with Gasteiger partial charge in [-0.1, -0.05) is 101 Å². The summed E-state index contributed by atoms with van der Waals surface area (Å²) in [5, 5.41) is 34.6. The third kappa shape index (κ3) is 19.4. The molecule has 0 saturated heterocycles. The van der Waals surface area contributed by atoms with E-state index in [1.807, 2.05) is 41.5 Å². The first-order chi connectivity index (χ1) is 36.2. The van der Waals surface area contributed by atoms with Crippen molar-refractivity contribution >= 4 is 17.9 Å². The van der Waals surface area contributed by atoms with Crippen molar-refractivity contribution in [2.45, 2.75) is 196 Å². The van der Waals surface area contributed by atoms with E-state index in [1.54, 1.807) is 39.0 Å². The molecule has 3 aromatic carbocycles. The molecule has 1 heterocycles. The average Bonchev–Trinajstić information content (AvgIpc) is 3.39. The fraction of sp³-hybridized carbons (Fsp3) is 0.579. The first kappa shape index (κ1) is 61.3. The summed E-state index contributed by atoms with van der Waals surface area (Å²) in [5.74, 6) is -2.12. The highest BCUT2D eigenvalue weighted by Crippen LogP contribution is 2.38. The molecular weight excluding hydrogens is 967 g/mol. The Kier molecular flexibility index (Phi) is 26.9. The minimum atomic E-state index is -0.985. The van der Waals surface area contributed by atoms with Gasteiger partial charge in [-0.25, -0.2) is 29.3 Å². The summed E-state index contributed by atoms with van der Waals surface area (Å²) in [4.78, 5) is 53.4. The molecule has 75 heavy (non-hydrogen) atoms. The topological polar surface area (TPSA) is 234 Å². The molecule has 6 unspecified atom stereocenters. The molecule has 18 heteroatoms. The summed E-state index contributed by atoms with van der Waals surface area (Å²) in [7, 11) is 0. The third-order valence-corrected chi connectivity index (χ3v) is 11.7. The van der Waals surface area contributed by atoms with Crippen LogP contribution in [0, 0.1) is 0 Å². The van der Waals surface area contributed by atoms with Gasteiger partial charge in [-0.05, 0) is 74.9 Å². The van der Waals surface area contributed by atoms with E-state index >= 15 is 0 Å². The van der Waals surface area contributed by atoms with E-state index in [2.05, 4.69) is 15.0 Å². The van der Waals surface area contributed by atoms with Crippen LogP contribution in [0.4, 0.5) is 0 Å². The zero-order valence-corrected chi connectivity index (χ0v) is 45.5. The molecule has 6 atom stereocenters. The van der Waals surface area contributed by atoms with Gasteiger partial charge in [0, 0.05) is 57.3 Å². The molecule has 4 rings (SSSR count). The van der Waals surface area contributed by atoms with Crippen LogP contribution in [0.3, 0.4) is 0 Å². The van der Waals surface area contributed by atoms with Crippen LogP contribution < -0.4 is 14.2 Å². The van der Waals surface area contributed by atoms with E-state index in [-0.39, 0.29) is 68.7 Å². The Balaban J connectivity index is 1.70. The van der Waals surface area contributed by atoms with Gasteiger partial charge < -0.3 is 58.0 Å². The quantitative estimate of drug-likeness (QED) is 0.0166. The molecule has 0 amide bonds. The number of phenols is 3. The zero-order valence-electron chi connectivity index (χ0n) is 45.5. The van der Waals surface area contributed by atoms with E-state index in [4.69, 9.17) is 42.6 Å². The summed E-state index contributed by atoms with van der Waals surface area (Å²) in [6.07, 6.45) is 4.59. The predicted octanol–water partition coefficient (Wildman–Crippen LogP) is 11.9. The fourth-order valence-corrected chi connectivity index (χ4v) is 7.41. The molecule has 18 nitrogen and oxygen atoms in total. The second kappa shape index (κ2) is 32.9. The molecule has 4 aromatic rings. The van der Waals surface area contributed by atoms with E-state index in [0.717, 1.165) is 57.8 Å². The average molecular weight is 1050 g/mol. The molecule has 414 valence electrons. The van der Waals surface area contributed by atoms with Crippen LogP contribution in [0.1, 0.15) is 159 Å².